The maximum Gasteiger partial charge on any atom is 0.290 e. The topological polar surface area (TPSA) is 58.5 Å². The number of amides is 1. The quantitative estimate of drug-likeness (QED) is 0.509. The van der Waals surface area contributed by atoms with Gasteiger partial charge in [0.2, 0.25) is 0 Å². The van der Waals surface area contributed by atoms with Crippen LogP contribution in [0.15, 0.2) is 65.3 Å². The average Bonchev–Trinajstić information content (AvgIpc) is 3.36. The van der Waals surface area contributed by atoms with Crippen LogP contribution in [0.3, 0.4) is 0 Å². The molecule has 0 spiro atoms. The molecule has 1 atom stereocenters. The Balaban J connectivity index is 1.64. The van der Waals surface area contributed by atoms with E-state index in [1.165, 1.54) is 10.9 Å². The van der Waals surface area contributed by atoms with Crippen molar-refractivity contribution in [1.82, 2.24) is 9.88 Å². The summed E-state index contributed by atoms with van der Waals surface area (Å²) in [7, 11) is 0. The van der Waals surface area contributed by atoms with Crippen LogP contribution in [0.5, 0.6) is 5.75 Å². The van der Waals surface area contributed by atoms with Crippen molar-refractivity contribution >= 4 is 16.8 Å². The van der Waals surface area contributed by atoms with Crippen molar-refractivity contribution in [1.29, 1.82) is 0 Å². The Bertz CT molecular complexity index is 1200. The SMILES string of the molecule is CCOc1ccc([C@@H]2c3[nH]c4ccccc4c3CCN2C(=O)c2occc2C)cc1. The molecule has 5 rings (SSSR count). The summed E-state index contributed by atoms with van der Waals surface area (Å²) in [5.74, 6) is 1.15. The number of aryl methyl sites for hydroxylation is 1. The lowest BCUT2D eigenvalue weighted by atomic mass is 9.92. The molecule has 1 amide bonds. The number of fused-ring (bicyclic) bond motifs is 3. The summed E-state index contributed by atoms with van der Waals surface area (Å²) in [6, 6.07) is 18.0. The first kappa shape index (κ1) is 18.6. The third-order valence-electron chi connectivity index (χ3n) is 5.86. The van der Waals surface area contributed by atoms with Crippen molar-refractivity contribution in [2.45, 2.75) is 26.3 Å². The average molecular weight is 400 g/mol. The molecule has 0 bridgehead atoms. The highest BCUT2D eigenvalue weighted by molar-refractivity contribution is 5.94. The largest absolute Gasteiger partial charge is 0.494 e. The van der Waals surface area contributed by atoms with Gasteiger partial charge in [0, 0.05) is 28.7 Å². The van der Waals surface area contributed by atoms with E-state index in [9.17, 15) is 4.79 Å². The number of aromatic nitrogens is 1. The molecule has 30 heavy (non-hydrogen) atoms. The first-order chi connectivity index (χ1) is 14.7. The number of hydrogen-bond donors (Lipinski definition) is 1. The second kappa shape index (κ2) is 7.41. The van der Waals surface area contributed by atoms with Crippen molar-refractivity contribution < 1.29 is 13.9 Å². The molecule has 5 nitrogen and oxygen atoms in total. The van der Waals surface area contributed by atoms with E-state index in [1.807, 2.05) is 55.1 Å². The predicted molar refractivity (Wildman–Crippen MR) is 116 cm³/mol. The minimum Gasteiger partial charge on any atom is -0.494 e. The molecular formula is C25H24N2O3. The number of para-hydroxylation sites is 1. The van der Waals surface area contributed by atoms with Gasteiger partial charge in [-0.1, -0.05) is 30.3 Å². The first-order valence-corrected chi connectivity index (χ1v) is 10.3. The highest BCUT2D eigenvalue weighted by atomic mass is 16.5. The van der Waals surface area contributed by atoms with E-state index in [1.54, 1.807) is 6.26 Å². The summed E-state index contributed by atoms with van der Waals surface area (Å²) in [5.41, 5.74) is 5.35. The zero-order chi connectivity index (χ0) is 20.7. The Labute approximate surface area is 175 Å². The molecule has 1 N–H and O–H groups in total. The van der Waals surface area contributed by atoms with Gasteiger partial charge in [0.25, 0.3) is 5.91 Å². The van der Waals surface area contributed by atoms with Gasteiger partial charge in [0.15, 0.2) is 5.76 Å². The van der Waals surface area contributed by atoms with Crippen LogP contribution in [0.25, 0.3) is 10.9 Å². The number of ether oxygens (including phenoxy) is 1. The number of carbonyl (C=O) groups excluding carboxylic acids is 1. The lowest BCUT2D eigenvalue weighted by Crippen LogP contribution is -2.40. The zero-order valence-corrected chi connectivity index (χ0v) is 17.1. The van der Waals surface area contributed by atoms with Crippen molar-refractivity contribution in [2.75, 3.05) is 13.2 Å². The van der Waals surface area contributed by atoms with Gasteiger partial charge in [-0.25, -0.2) is 0 Å². The standard InChI is InChI=1S/C25H24N2O3/c1-3-29-18-10-8-17(9-11-18)23-22-20(19-6-4-5-7-21(19)26-22)12-14-27(23)25(28)24-16(2)13-15-30-24/h4-11,13,15,23,26H,3,12,14H2,1-2H3/t23-/m1/s1. The van der Waals surface area contributed by atoms with Crippen molar-refractivity contribution in [3.05, 3.63) is 89.0 Å². The van der Waals surface area contributed by atoms with Gasteiger partial charge in [-0.3, -0.25) is 4.79 Å². The van der Waals surface area contributed by atoms with Gasteiger partial charge in [0.1, 0.15) is 5.75 Å². The monoisotopic (exact) mass is 400 g/mol. The smallest absolute Gasteiger partial charge is 0.290 e. The Hall–Kier alpha value is -3.47. The van der Waals surface area contributed by atoms with E-state index < -0.39 is 0 Å². The maximum absolute atomic E-state index is 13.5. The Morgan fingerprint density at radius 3 is 2.70 bits per heavy atom. The van der Waals surface area contributed by atoms with Gasteiger partial charge in [0.05, 0.1) is 18.9 Å². The molecule has 0 saturated carbocycles. The van der Waals surface area contributed by atoms with Gasteiger partial charge in [-0.2, -0.15) is 0 Å². The Morgan fingerprint density at radius 1 is 1.17 bits per heavy atom. The summed E-state index contributed by atoms with van der Waals surface area (Å²) < 4.78 is 11.2. The van der Waals surface area contributed by atoms with Crippen LogP contribution in [0.4, 0.5) is 0 Å². The fraction of sp³-hybridized carbons (Fsp3) is 0.240. The number of furan rings is 1. The molecule has 1 aliphatic rings. The van der Waals surface area contributed by atoms with Crippen LogP contribution >= 0.6 is 0 Å². The van der Waals surface area contributed by atoms with Crippen molar-refractivity contribution in [3.8, 4) is 5.75 Å². The van der Waals surface area contributed by atoms with Crippen LogP contribution in [0.2, 0.25) is 0 Å². The number of nitrogens with one attached hydrogen (secondary N) is 1. The number of H-pyrrole nitrogens is 1. The fourth-order valence-corrected chi connectivity index (χ4v) is 4.44. The molecule has 3 heterocycles. The molecule has 1 aliphatic heterocycles. The molecule has 2 aromatic carbocycles. The Kier molecular flexibility index (Phi) is 4.58. The zero-order valence-electron chi connectivity index (χ0n) is 17.1. The lowest BCUT2D eigenvalue weighted by molar-refractivity contribution is 0.0658. The van der Waals surface area contributed by atoms with Crippen LogP contribution in [0.1, 0.15) is 45.9 Å². The second-order valence-electron chi connectivity index (χ2n) is 7.65. The van der Waals surface area contributed by atoms with Crippen LogP contribution < -0.4 is 4.74 Å². The van der Waals surface area contributed by atoms with E-state index in [0.717, 1.165) is 34.5 Å². The summed E-state index contributed by atoms with van der Waals surface area (Å²) in [6.07, 6.45) is 2.38. The van der Waals surface area contributed by atoms with E-state index in [-0.39, 0.29) is 11.9 Å². The van der Waals surface area contributed by atoms with E-state index in [0.29, 0.717) is 18.9 Å². The maximum atomic E-state index is 13.5. The number of aromatic amines is 1. The third kappa shape index (κ3) is 2.98. The number of benzene rings is 2. The third-order valence-corrected chi connectivity index (χ3v) is 5.86. The van der Waals surface area contributed by atoms with Crippen molar-refractivity contribution in [2.24, 2.45) is 0 Å². The number of carbonyl (C=O) groups is 1. The van der Waals surface area contributed by atoms with Gasteiger partial charge in [-0.05, 0) is 55.7 Å². The summed E-state index contributed by atoms with van der Waals surface area (Å²) in [4.78, 5) is 19.0. The lowest BCUT2D eigenvalue weighted by Gasteiger charge is -2.36. The molecule has 5 heteroatoms. The normalized spacial score (nSPS) is 15.9. The molecule has 0 radical (unpaired) electrons. The molecule has 152 valence electrons. The van der Waals surface area contributed by atoms with Gasteiger partial charge < -0.3 is 19.0 Å². The molecule has 4 aromatic rings. The second-order valence-corrected chi connectivity index (χ2v) is 7.65. The number of hydrogen-bond acceptors (Lipinski definition) is 3. The fourth-order valence-electron chi connectivity index (χ4n) is 4.44. The van der Waals surface area contributed by atoms with Crippen LogP contribution in [-0.4, -0.2) is 28.9 Å². The van der Waals surface area contributed by atoms with E-state index in [2.05, 4.69) is 23.2 Å². The minimum absolute atomic E-state index is 0.0827. The molecule has 0 saturated heterocycles. The summed E-state index contributed by atoms with van der Waals surface area (Å²) in [6.45, 7) is 5.13. The molecule has 0 aliphatic carbocycles. The van der Waals surface area contributed by atoms with E-state index >= 15 is 0 Å². The minimum atomic E-state index is -0.214. The van der Waals surface area contributed by atoms with Crippen molar-refractivity contribution in [3.63, 3.8) is 0 Å². The molecule has 0 unspecified atom stereocenters. The van der Waals surface area contributed by atoms with Gasteiger partial charge >= 0.3 is 0 Å². The molecule has 2 aromatic heterocycles. The first-order valence-electron chi connectivity index (χ1n) is 10.3. The number of nitrogens with zero attached hydrogens (tertiary/aromatic N) is 1. The molecule has 0 fully saturated rings. The highest BCUT2D eigenvalue weighted by Crippen LogP contribution is 2.39. The van der Waals surface area contributed by atoms with Gasteiger partial charge in [-0.15, -0.1) is 0 Å². The molecular weight excluding hydrogens is 376 g/mol. The Morgan fingerprint density at radius 2 is 1.97 bits per heavy atom. The van der Waals surface area contributed by atoms with E-state index in [4.69, 9.17) is 9.15 Å². The highest BCUT2D eigenvalue weighted by Gasteiger charge is 2.36. The summed E-state index contributed by atoms with van der Waals surface area (Å²) in [5, 5.41) is 1.23. The van der Waals surface area contributed by atoms with Crippen LogP contribution in [-0.2, 0) is 6.42 Å². The summed E-state index contributed by atoms with van der Waals surface area (Å²) >= 11 is 0. The number of rotatable bonds is 4. The predicted octanol–water partition coefficient (Wildman–Crippen LogP) is 5.26. The van der Waals surface area contributed by atoms with Crippen LogP contribution in [0, 0.1) is 6.92 Å².